The number of aliphatic imine (C=N–C) groups is 1. The van der Waals surface area contributed by atoms with Gasteiger partial charge < -0.3 is 15.4 Å². The van der Waals surface area contributed by atoms with E-state index >= 15 is 0 Å². The summed E-state index contributed by atoms with van der Waals surface area (Å²) >= 11 is 0. The predicted molar refractivity (Wildman–Crippen MR) is 56.2 cm³/mol. The number of nitrogens with zero attached hydrogens (tertiary/aromatic N) is 2. The first-order valence-electron chi connectivity index (χ1n) is 5.06. The molecule has 1 fully saturated rings. The molecule has 2 N–H and O–H groups in total. The maximum absolute atomic E-state index is 5.86. The molecule has 1 atom stereocenters. The third-order valence-corrected chi connectivity index (χ3v) is 2.68. The monoisotopic (exact) mass is 195 g/mol. The number of hydrogen-bond donors (Lipinski definition) is 1. The van der Waals surface area contributed by atoms with Crippen molar-refractivity contribution in [3.63, 3.8) is 0 Å². The Bertz CT molecular complexity index is 273. The lowest BCUT2D eigenvalue weighted by molar-refractivity contribution is 0.118. The molecule has 0 saturated carbocycles. The number of ether oxygens (including phenoxy) is 1. The average Bonchev–Trinajstić information content (AvgIpc) is 2.56. The number of likely N-dealkylation sites (tertiary alicyclic amines) is 1. The van der Waals surface area contributed by atoms with Gasteiger partial charge in [-0.15, -0.1) is 0 Å². The molecule has 2 rings (SSSR count). The molecule has 0 spiro atoms. The fourth-order valence-electron chi connectivity index (χ4n) is 1.85. The van der Waals surface area contributed by atoms with E-state index in [1.165, 1.54) is 0 Å². The Morgan fingerprint density at radius 3 is 3.14 bits per heavy atom. The van der Waals surface area contributed by atoms with Crippen LogP contribution in [0.15, 0.2) is 16.4 Å². The van der Waals surface area contributed by atoms with Crippen LogP contribution >= 0.6 is 0 Å². The van der Waals surface area contributed by atoms with E-state index in [2.05, 4.69) is 16.9 Å². The second-order valence-corrected chi connectivity index (χ2v) is 3.97. The van der Waals surface area contributed by atoms with Crippen molar-refractivity contribution in [2.75, 3.05) is 26.7 Å². The van der Waals surface area contributed by atoms with E-state index in [0.29, 0.717) is 12.6 Å². The lowest BCUT2D eigenvalue weighted by Crippen LogP contribution is -2.22. The second kappa shape index (κ2) is 4.00. The van der Waals surface area contributed by atoms with Gasteiger partial charge in [0, 0.05) is 25.7 Å². The van der Waals surface area contributed by atoms with Crippen molar-refractivity contribution >= 4 is 6.21 Å². The molecular formula is C10H17N3O. The zero-order valence-electron chi connectivity index (χ0n) is 8.57. The summed E-state index contributed by atoms with van der Waals surface area (Å²) in [6.45, 7) is 2.72. The van der Waals surface area contributed by atoms with Gasteiger partial charge in [0.05, 0.1) is 12.2 Å². The van der Waals surface area contributed by atoms with Gasteiger partial charge in [-0.2, -0.15) is 0 Å². The average molecular weight is 195 g/mol. The van der Waals surface area contributed by atoms with Crippen LogP contribution in [0.5, 0.6) is 0 Å². The minimum atomic E-state index is 0.319. The largest absolute Gasteiger partial charge is 0.491 e. The van der Waals surface area contributed by atoms with Crippen LogP contribution in [0.4, 0.5) is 0 Å². The Kier molecular flexibility index (Phi) is 2.72. The molecule has 2 heterocycles. The Morgan fingerprint density at radius 1 is 1.64 bits per heavy atom. The molecule has 0 bridgehead atoms. The van der Waals surface area contributed by atoms with E-state index in [0.717, 1.165) is 37.4 Å². The maximum atomic E-state index is 5.86. The molecule has 0 aromatic rings. The Morgan fingerprint density at radius 2 is 2.50 bits per heavy atom. The Hall–Kier alpha value is -1.03. The van der Waals surface area contributed by atoms with Crippen LogP contribution in [0, 0.1) is 0 Å². The maximum Gasteiger partial charge on any atom is 0.122 e. The lowest BCUT2D eigenvalue weighted by atomic mass is 10.2. The highest BCUT2D eigenvalue weighted by Gasteiger charge is 2.22. The Labute approximate surface area is 84.4 Å². The highest BCUT2D eigenvalue weighted by atomic mass is 16.5. The van der Waals surface area contributed by atoms with E-state index in [1.54, 1.807) is 0 Å². The third-order valence-electron chi connectivity index (χ3n) is 2.68. The van der Waals surface area contributed by atoms with Gasteiger partial charge in [0.15, 0.2) is 0 Å². The van der Waals surface area contributed by atoms with Crippen molar-refractivity contribution in [2.24, 2.45) is 10.7 Å². The molecule has 0 unspecified atom stereocenters. The summed E-state index contributed by atoms with van der Waals surface area (Å²) in [4.78, 5) is 6.38. The molecule has 1 saturated heterocycles. The molecular weight excluding hydrogens is 178 g/mol. The quantitative estimate of drug-likeness (QED) is 0.692. The van der Waals surface area contributed by atoms with Crippen LogP contribution in [0.3, 0.4) is 0 Å². The standard InChI is InChI=1S/C10H17N3O/c1-13-5-3-8(7-13)14-10-2-4-12-6-9(10)11/h4,8H,2-3,5-7,11H2,1H3/t8-/m1/s1. The summed E-state index contributed by atoms with van der Waals surface area (Å²) in [5.41, 5.74) is 6.61. The van der Waals surface area contributed by atoms with Gasteiger partial charge in [-0.1, -0.05) is 0 Å². The smallest absolute Gasteiger partial charge is 0.122 e. The van der Waals surface area contributed by atoms with Gasteiger partial charge in [0.2, 0.25) is 0 Å². The van der Waals surface area contributed by atoms with Crippen molar-refractivity contribution in [3.05, 3.63) is 11.5 Å². The number of nitrogens with two attached hydrogens (primary N) is 1. The van der Waals surface area contributed by atoms with Crippen LogP contribution < -0.4 is 5.73 Å². The van der Waals surface area contributed by atoms with Crippen molar-refractivity contribution < 1.29 is 4.74 Å². The molecule has 4 nitrogen and oxygen atoms in total. The number of dihydropyridines is 1. The zero-order chi connectivity index (χ0) is 9.97. The number of allylic oxidation sites excluding steroid dienone is 1. The number of likely N-dealkylation sites (N-methyl/N-ethyl adjacent to an activating group) is 1. The van der Waals surface area contributed by atoms with Gasteiger partial charge in [0.1, 0.15) is 11.9 Å². The summed E-state index contributed by atoms with van der Waals surface area (Å²) in [5, 5.41) is 0. The minimum absolute atomic E-state index is 0.319. The van der Waals surface area contributed by atoms with Gasteiger partial charge in [-0.05, 0) is 13.5 Å². The molecule has 0 aromatic heterocycles. The summed E-state index contributed by atoms with van der Waals surface area (Å²) in [7, 11) is 2.11. The summed E-state index contributed by atoms with van der Waals surface area (Å²) < 4.78 is 5.86. The van der Waals surface area contributed by atoms with E-state index in [4.69, 9.17) is 10.5 Å². The van der Waals surface area contributed by atoms with E-state index in [1.807, 2.05) is 6.21 Å². The van der Waals surface area contributed by atoms with Crippen molar-refractivity contribution in [1.82, 2.24) is 4.90 Å². The fraction of sp³-hybridized carbons (Fsp3) is 0.700. The first kappa shape index (κ1) is 9.52. The lowest BCUT2D eigenvalue weighted by Gasteiger charge is -2.19. The van der Waals surface area contributed by atoms with Crippen LogP contribution in [0.2, 0.25) is 0 Å². The summed E-state index contributed by atoms with van der Waals surface area (Å²) in [6, 6.07) is 0. The highest BCUT2D eigenvalue weighted by molar-refractivity contribution is 5.62. The van der Waals surface area contributed by atoms with Crippen LogP contribution in [0.1, 0.15) is 12.8 Å². The zero-order valence-corrected chi connectivity index (χ0v) is 8.57. The normalized spacial score (nSPS) is 28.5. The van der Waals surface area contributed by atoms with E-state index in [9.17, 15) is 0 Å². The van der Waals surface area contributed by atoms with Crippen molar-refractivity contribution in [2.45, 2.75) is 18.9 Å². The number of hydrogen-bond acceptors (Lipinski definition) is 4. The molecule has 78 valence electrons. The molecule has 2 aliphatic rings. The molecule has 0 amide bonds. The van der Waals surface area contributed by atoms with Gasteiger partial charge in [0.25, 0.3) is 0 Å². The van der Waals surface area contributed by atoms with Crippen LogP contribution in [-0.2, 0) is 4.74 Å². The van der Waals surface area contributed by atoms with Gasteiger partial charge in [-0.25, -0.2) is 0 Å². The third kappa shape index (κ3) is 2.07. The predicted octanol–water partition coefficient (Wildman–Crippen LogP) is 0.352. The fourth-order valence-corrected chi connectivity index (χ4v) is 1.85. The molecule has 2 aliphatic heterocycles. The van der Waals surface area contributed by atoms with Gasteiger partial charge >= 0.3 is 0 Å². The summed E-state index contributed by atoms with van der Waals surface area (Å²) in [5.74, 6) is 0.931. The first-order chi connectivity index (χ1) is 6.75. The van der Waals surface area contributed by atoms with Crippen LogP contribution in [-0.4, -0.2) is 43.9 Å². The number of rotatable bonds is 2. The molecule has 0 aliphatic carbocycles. The van der Waals surface area contributed by atoms with Crippen LogP contribution in [0.25, 0.3) is 0 Å². The van der Waals surface area contributed by atoms with Crippen molar-refractivity contribution in [1.29, 1.82) is 0 Å². The molecule has 0 aromatic carbocycles. The molecule has 0 radical (unpaired) electrons. The summed E-state index contributed by atoms with van der Waals surface area (Å²) in [6.07, 6.45) is 4.06. The minimum Gasteiger partial charge on any atom is -0.491 e. The molecule has 4 heteroatoms. The Balaban J connectivity index is 1.91. The second-order valence-electron chi connectivity index (χ2n) is 3.97. The van der Waals surface area contributed by atoms with E-state index in [-0.39, 0.29) is 0 Å². The topological polar surface area (TPSA) is 50.9 Å². The molecule has 14 heavy (non-hydrogen) atoms. The van der Waals surface area contributed by atoms with Gasteiger partial charge in [-0.3, -0.25) is 4.99 Å². The van der Waals surface area contributed by atoms with Crippen molar-refractivity contribution in [3.8, 4) is 0 Å². The highest BCUT2D eigenvalue weighted by Crippen LogP contribution is 2.18. The first-order valence-corrected chi connectivity index (χ1v) is 5.06. The SMILES string of the molecule is CN1CC[C@@H](OC2=C(N)CN=CC2)C1. The van der Waals surface area contributed by atoms with E-state index < -0.39 is 0 Å².